The van der Waals surface area contributed by atoms with Crippen LogP contribution in [0.15, 0.2) is 66.7 Å². The van der Waals surface area contributed by atoms with Crippen LogP contribution in [0.4, 0.5) is 4.79 Å². The Bertz CT molecular complexity index is 1260. The van der Waals surface area contributed by atoms with Gasteiger partial charge in [-0.3, -0.25) is 10.1 Å². The Morgan fingerprint density at radius 1 is 0.784 bits per heavy atom. The number of rotatable bonds is 9. The number of carbonyl (C=O) groups excluding carboxylic acids is 3. The number of carbonyl (C=O) groups is 3. The summed E-state index contributed by atoms with van der Waals surface area (Å²) >= 11 is 0. The minimum Gasteiger partial charge on any atom is -0.497 e. The zero-order valence-electron chi connectivity index (χ0n) is 21.0. The maximum absolute atomic E-state index is 12.6. The Balaban J connectivity index is 1.73. The highest BCUT2D eigenvalue weighted by Crippen LogP contribution is 2.29. The van der Waals surface area contributed by atoms with Crippen molar-refractivity contribution in [1.29, 1.82) is 0 Å². The van der Waals surface area contributed by atoms with Crippen molar-refractivity contribution >= 4 is 29.6 Å². The molecule has 0 fully saturated rings. The van der Waals surface area contributed by atoms with E-state index < -0.39 is 17.9 Å². The number of hydrogen-bond donors (Lipinski definition) is 2. The summed E-state index contributed by atoms with van der Waals surface area (Å²) in [6.45, 7) is 1.53. The summed E-state index contributed by atoms with van der Waals surface area (Å²) in [5.41, 5.74) is 2.55. The normalized spacial score (nSPS) is 10.8. The minimum atomic E-state index is -0.557. The maximum atomic E-state index is 12.6. The van der Waals surface area contributed by atoms with E-state index in [9.17, 15) is 14.4 Å². The number of benzene rings is 3. The van der Waals surface area contributed by atoms with E-state index in [-0.39, 0.29) is 6.54 Å². The Morgan fingerprint density at radius 2 is 1.35 bits per heavy atom. The van der Waals surface area contributed by atoms with Gasteiger partial charge in [-0.2, -0.15) is 0 Å². The first-order valence-corrected chi connectivity index (χ1v) is 11.3. The SMILES string of the molecule is COC(=O)/C(=C\c1cc(OC)cc(OC)c1)c1ccc(Oc2ccc(CNC(=O)NC(C)=O)cc2)cc1. The van der Waals surface area contributed by atoms with E-state index in [1.807, 2.05) is 0 Å². The van der Waals surface area contributed by atoms with Crippen LogP contribution in [0.25, 0.3) is 11.6 Å². The van der Waals surface area contributed by atoms with Crippen LogP contribution in [0.3, 0.4) is 0 Å². The molecule has 192 valence electrons. The van der Waals surface area contributed by atoms with Crippen molar-refractivity contribution in [3.8, 4) is 23.0 Å². The summed E-state index contributed by atoms with van der Waals surface area (Å²) in [4.78, 5) is 35.0. The Labute approximate surface area is 215 Å². The monoisotopic (exact) mass is 504 g/mol. The number of ether oxygens (including phenoxy) is 4. The largest absolute Gasteiger partial charge is 0.497 e. The van der Waals surface area contributed by atoms with Gasteiger partial charge in [-0.1, -0.05) is 24.3 Å². The lowest BCUT2D eigenvalue weighted by Crippen LogP contribution is -2.37. The molecule has 9 nitrogen and oxygen atoms in total. The molecular weight excluding hydrogens is 476 g/mol. The lowest BCUT2D eigenvalue weighted by molar-refractivity contribution is -0.133. The number of nitrogens with one attached hydrogen (secondary N) is 2. The average molecular weight is 505 g/mol. The zero-order chi connectivity index (χ0) is 26.8. The molecule has 0 saturated carbocycles. The van der Waals surface area contributed by atoms with Gasteiger partial charge in [0.05, 0.1) is 26.9 Å². The maximum Gasteiger partial charge on any atom is 0.338 e. The summed E-state index contributed by atoms with van der Waals surface area (Å²) < 4.78 is 21.5. The van der Waals surface area contributed by atoms with E-state index in [4.69, 9.17) is 18.9 Å². The number of methoxy groups -OCH3 is 3. The highest BCUT2D eigenvalue weighted by Gasteiger charge is 2.14. The quantitative estimate of drug-likeness (QED) is 0.250. The molecule has 0 aromatic heterocycles. The van der Waals surface area contributed by atoms with Gasteiger partial charge in [-0.05, 0) is 59.2 Å². The number of esters is 1. The van der Waals surface area contributed by atoms with Gasteiger partial charge in [-0.15, -0.1) is 0 Å². The molecule has 3 aromatic carbocycles. The van der Waals surface area contributed by atoms with E-state index in [0.29, 0.717) is 39.7 Å². The third-order valence-electron chi connectivity index (χ3n) is 5.16. The predicted molar refractivity (Wildman–Crippen MR) is 138 cm³/mol. The Kier molecular flexibility index (Phi) is 9.26. The standard InChI is InChI=1S/C28H28N2O7/c1-18(31)30-28(33)29-17-19-5-9-22(10-6-19)37-23-11-7-21(8-12-23)26(27(32)36-4)15-20-13-24(34-2)16-25(14-20)35-3/h5-16H,17H2,1-4H3,(H2,29,30,31,33)/b26-15-. The summed E-state index contributed by atoms with van der Waals surface area (Å²) in [6, 6.07) is 18.9. The van der Waals surface area contributed by atoms with Crippen LogP contribution >= 0.6 is 0 Å². The second kappa shape index (κ2) is 12.8. The third-order valence-corrected chi connectivity index (χ3v) is 5.16. The van der Waals surface area contributed by atoms with E-state index in [1.54, 1.807) is 87.0 Å². The van der Waals surface area contributed by atoms with Crippen molar-refractivity contribution in [2.24, 2.45) is 0 Å². The molecular formula is C28H28N2O7. The van der Waals surface area contributed by atoms with E-state index in [2.05, 4.69) is 10.6 Å². The molecule has 0 heterocycles. The molecule has 9 heteroatoms. The first kappa shape index (κ1) is 26.8. The van der Waals surface area contributed by atoms with E-state index in [0.717, 1.165) is 5.56 Å². The zero-order valence-corrected chi connectivity index (χ0v) is 21.0. The summed E-state index contributed by atoms with van der Waals surface area (Å²) in [7, 11) is 4.44. The van der Waals surface area contributed by atoms with Crippen molar-refractivity contribution in [3.63, 3.8) is 0 Å². The summed E-state index contributed by atoms with van der Waals surface area (Å²) in [5, 5.41) is 4.74. The van der Waals surface area contributed by atoms with Crippen molar-refractivity contribution in [2.75, 3.05) is 21.3 Å². The van der Waals surface area contributed by atoms with Crippen molar-refractivity contribution in [1.82, 2.24) is 10.6 Å². The van der Waals surface area contributed by atoms with Crippen LogP contribution in [0.2, 0.25) is 0 Å². The average Bonchev–Trinajstić information content (AvgIpc) is 2.90. The molecule has 2 N–H and O–H groups in total. The number of imide groups is 1. The molecule has 0 bridgehead atoms. The van der Waals surface area contributed by atoms with Crippen LogP contribution < -0.4 is 24.8 Å². The Morgan fingerprint density at radius 3 is 1.86 bits per heavy atom. The fourth-order valence-corrected chi connectivity index (χ4v) is 3.35. The van der Waals surface area contributed by atoms with Gasteiger partial charge in [0, 0.05) is 19.5 Å². The van der Waals surface area contributed by atoms with Crippen molar-refractivity contribution in [3.05, 3.63) is 83.4 Å². The molecule has 0 aliphatic carbocycles. The molecule has 0 aliphatic rings. The fraction of sp³-hybridized carbons (Fsp3) is 0.179. The lowest BCUT2D eigenvalue weighted by Gasteiger charge is -2.11. The smallest absolute Gasteiger partial charge is 0.338 e. The first-order chi connectivity index (χ1) is 17.8. The third kappa shape index (κ3) is 7.86. The molecule has 3 aromatic rings. The molecule has 0 unspecified atom stereocenters. The van der Waals surface area contributed by atoms with E-state index in [1.165, 1.54) is 14.0 Å². The molecule has 0 atom stereocenters. The Hall–Kier alpha value is -4.79. The highest BCUT2D eigenvalue weighted by atomic mass is 16.5. The van der Waals surface area contributed by atoms with Crippen LogP contribution in [-0.4, -0.2) is 39.2 Å². The number of amides is 3. The second-order valence-corrected chi connectivity index (χ2v) is 7.83. The lowest BCUT2D eigenvalue weighted by atomic mass is 10.0. The van der Waals surface area contributed by atoms with Gasteiger partial charge in [0.1, 0.15) is 23.0 Å². The van der Waals surface area contributed by atoms with Crippen LogP contribution in [0, 0.1) is 0 Å². The molecule has 3 rings (SSSR count). The molecule has 0 saturated heterocycles. The van der Waals surface area contributed by atoms with Gasteiger partial charge >= 0.3 is 12.0 Å². The van der Waals surface area contributed by atoms with Gasteiger partial charge < -0.3 is 24.3 Å². The number of hydrogen-bond acceptors (Lipinski definition) is 7. The summed E-state index contributed by atoms with van der Waals surface area (Å²) in [6.07, 6.45) is 1.70. The summed E-state index contributed by atoms with van der Waals surface area (Å²) in [5.74, 6) is 1.44. The second-order valence-electron chi connectivity index (χ2n) is 7.83. The van der Waals surface area contributed by atoms with Gasteiger partial charge in [0.2, 0.25) is 5.91 Å². The predicted octanol–water partition coefficient (Wildman–Crippen LogP) is 4.56. The highest BCUT2D eigenvalue weighted by molar-refractivity contribution is 6.21. The van der Waals surface area contributed by atoms with Gasteiger partial charge in [-0.25, -0.2) is 9.59 Å². The molecule has 0 spiro atoms. The van der Waals surface area contributed by atoms with Gasteiger partial charge in [0.25, 0.3) is 0 Å². The first-order valence-electron chi connectivity index (χ1n) is 11.3. The van der Waals surface area contributed by atoms with Gasteiger partial charge in [0.15, 0.2) is 0 Å². The molecule has 3 amide bonds. The molecule has 0 radical (unpaired) electrons. The topological polar surface area (TPSA) is 112 Å². The van der Waals surface area contributed by atoms with Crippen molar-refractivity contribution < 1.29 is 33.3 Å². The minimum absolute atomic E-state index is 0.260. The molecule has 0 aliphatic heterocycles. The van der Waals surface area contributed by atoms with Crippen molar-refractivity contribution in [2.45, 2.75) is 13.5 Å². The van der Waals surface area contributed by atoms with Crippen LogP contribution in [0.1, 0.15) is 23.6 Å². The van der Waals surface area contributed by atoms with Crippen LogP contribution in [-0.2, 0) is 20.9 Å². The van der Waals surface area contributed by atoms with Crippen LogP contribution in [0.5, 0.6) is 23.0 Å². The molecule has 37 heavy (non-hydrogen) atoms. The van der Waals surface area contributed by atoms with E-state index >= 15 is 0 Å². The number of urea groups is 1. The fourth-order valence-electron chi connectivity index (χ4n) is 3.35.